The summed E-state index contributed by atoms with van der Waals surface area (Å²) in [6.45, 7) is 11.0. The number of halogens is 1. The Bertz CT molecular complexity index is 661. The second-order valence-electron chi connectivity index (χ2n) is 8.24. The quantitative estimate of drug-likeness (QED) is 0.420. The SMILES string of the molecule is CCC(C)(C)OC(=O)N1CCC(C(C)(C)OC(=O)c2ccc(I)cc2)CC1. The Labute approximate surface area is 175 Å². The first-order chi connectivity index (χ1) is 12.5. The Morgan fingerprint density at radius 3 is 2.15 bits per heavy atom. The van der Waals surface area contributed by atoms with Crippen LogP contribution in [0.2, 0.25) is 0 Å². The molecule has 5 nitrogen and oxygen atoms in total. The molecule has 1 aromatic carbocycles. The summed E-state index contributed by atoms with van der Waals surface area (Å²) in [5, 5.41) is 0. The van der Waals surface area contributed by atoms with Crippen LogP contribution < -0.4 is 0 Å². The van der Waals surface area contributed by atoms with E-state index in [0.717, 1.165) is 22.8 Å². The molecule has 150 valence electrons. The number of rotatable bonds is 5. The average molecular weight is 487 g/mol. The Morgan fingerprint density at radius 1 is 1.07 bits per heavy atom. The number of ether oxygens (including phenoxy) is 2. The Morgan fingerprint density at radius 2 is 1.63 bits per heavy atom. The van der Waals surface area contributed by atoms with Gasteiger partial charge in [0, 0.05) is 22.6 Å². The summed E-state index contributed by atoms with van der Waals surface area (Å²) in [6.07, 6.45) is 2.09. The Balaban J connectivity index is 1.91. The lowest BCUT2D eigenvalue weighted by atomic mass is 9.83. The Hall–Kier alpha value is -1.31. The van der Waals surface area contributed by atoms with Gasteiger partial charge in [-0.25, -0.2) is 9.59 Å². The van der Waals surface area contributed by atoms with E-state index in [1.807, 2.05) is 46.8 Å². The van der Waals surface area contributed by atoms with Crippen molar-refractivity contribution >= 4 is 34.7 Å². The van der Waals surface area contributed by atoms with Crippen LogP contribution in [0.3, 0.4) is 0 Å². The highest BCUT2D eigenvalue weighted by Gasteiger charge is 2.37. The molecule has 0 aromatic heterocycles. The summed E-state index contributed by atoms with van der Waals surface area (Å²) in [6, 6.07) is 7.36. The molecule has 1 saturated heterocycles. The summed E-state index contributed by atoms with van der Waals surface area (Å²) in [4.78, 5) is 26.6. The van der Waals surface area contributed by atoms with E-state index in [1.54, 1.807) is 17.0 Å². The highest BCUT2D eigenvalue weighted by molar-refractivity contribution is 14.1. The van der Waals surface area contributed by atoms with Crippen LogP contribution in [0.4, 0.5) is 4.79 Å². The average Bonchev–Trinajstić information content (AvgIpc) is 2.61. The molecule has 1 aliphatic heterocycles. The number of amides is 1. The number of piperidine rings is 1. The first kappa shape index (κ1) is 22.0. The maximum absolute atomic E-state index is 12.5. The number of nitrogens with zero attached hydrogens (tertiary/aromatic N) is 1. The van der Waals surface area contributed by atoms with E-state index >= 15 is 0 Å². The van der Waals surface area contributed by atoms with Crippen molar-refractivity contribution in [2.24, 2.45) is 5.92 Å². The summed E-state index contributed by atoms with van der Waals surface area (Å²) < 4.78 is 12.5. The van der Waals surface area contributed by atoms with Crippen LogP contribution in [0.15, 0.2) is 24.3 Å². The van der Waals surface area contributed by atoms with Gasteiger partial charge in [0.2, 0.25) is 0 Å². The minimum absolute atomic E-state index is 0.202. The van der Waals surface area contributed by atoms with Crippen molar-refractivity contribution in [3.8, 4) is 0 Å². The van der Waals surface area contributed by atoms with Gasteiger partial charge >= 0.3 is 12.1 Å². The van der Waals surface area contributed by atoms with E-state index in [-0.39, 0.29) is 18.0 Å². The summed E-state index contributed by atoms with van der Waals surface area (Å²) in [7, 11) is 0. The van der Waals surface area contributed by atoms with E-state index < -0.39 is 11.2 Å². The normalized spacial score (nSPS) is 16.1. The molecule has 1 heterocycles. The van der Waals surface area contributed by atoms with E-state index in [0.29, 0.717) is 18.7 Å². The second kappa shape index (κ2) is 8.80. The molecule has 6 heteroatoms. The molecular formula is C21H30INO4. The van der Waals surface area contributed by atoms with Crippen molar-refractivity contribution in [3.63, 3.8) is 0 Å². The molecule has 0 saturated carbocycles. The van der Waals surface area contributed by atoms with Gasteiger partial charge in [0.25, 0.3) is 0 Å². The lowest BCUT2D eigenvalue weighted by molar-refractivity contribution is -0.0488. The lowest BCUT2D eigenvalue weighted by Gasteiger charge is -2.40. The van der Waals surface area contributed by atoms with Gasteiger partial charge in [-0.2, -0.15) is 0 Å². The molecule has 2 rings (SSSR count). The molecule has 1 aromatic rings. The Kier molecular flexibility index (Phi) is 7.16. The first-order valence-electron chi connectivity index (χ1n) is 9.51. The van der Waals surface area contributed by atoms with E-state index in [1.165, 1.54) is 0 Å². The highest BCUT2D eigenvalue weighted by Crippen LogP contribution is 2.32. The van der Waals surface area contributed by atoms with Crippen molar-refractivity contribution in [3.05, 3.63) is 33.4 Å². The van der Waals surface area contributed by atoms with Crippen LogP contribution in [0.1, 0.15) is 64.2 Å². The predicted octanol–water partition coefficient (Wildman–Crippen LogP) is 5.26. The van der Waals surface area contributed by atoms with Crippen LogP contribution in [0.5, 0.6) is 0 Å². The van der Waals surface area contributed by atoms with E-state index in [2.05, 4.69) is 22.6 Å². The predicted molar refractivity (Wildman–Crippen MR) is 114 cm³/mol. The molecule has 1 aliphatic rings. The van der Waals surface area contributed by atoms with Crippen LogP contribution in [0, 0.1) is 9.49 Å². The zero-order valence-corrected chi connectivity index (χ0v) is 19.0. The van der Waals surface area contributed by atoms with Gasteiger partial charge < -0.3 is 14.4 Å². The molecule has 0 aliphatic carbocycles. The summed E-state index contributed by atoms with van der Waals surface area (Å²) in [5.74, 6) is -0.100. The molecule has 1 amide bonds. The van der Waals surface area contributed by atoms with Gasteiger partial charge in [0.1, 0.15) is 11.2 Å². The van der Waals surface area contributed by atoms with Gasteiger partial charge in [-0.3, -0.25) is 0 Å². The van der Waals surface area contributed by atoms with Crippen molar-refractivity contribution in [2.75, 3.05) is 13.1 Å². The maximum Gasteiger partial charge on any atom is 0.410 e. The highest BCUT2D eigenvalue weighted by atomic mass is 127. The van der Waals surface area contributed by atoms with E-state index in [4.69, 9.17) is 9.47 Å². The standard InChI is InChI=1S/C21H30INO4/c1-6-20(2,3)27-19(25)23-13-11-16(12-14-23)21(4,5)26-18(24)15-7-9-17(22)10-8-15/h7-10,16H,6,11-14H2,1-5H3. The van der Waals surface area contributed by atoms with E-state index in [9.17, 15) is 9.59 Å². The molecule has 0 N–H and O–H groups in total. The number of esters is 1. The molecule has 27 heavy (non-hydrogen) atoms. The smallest absolute Gasteiger partial charge is 0.410 e. The van der Waals surface area contributed by atoms with Gasteiger partial charge in [-0.05, 0) is 93.8 Å². The molecule has 0 spiro atoms. The number of likely N-dealkylation sites (tertiary alicyclic amines) is 1. The minimum atomic E-state index is -0.585. The van der Waals surface area contributed by atoms with Crippen molar-refractivity contribution < 1.29 is 19.1 Å². The third-order valence-electron chi connectivity index (χ3n) is 5.39. The van der Waals surface area contributed by atoms with Crippen LogP contribution in [0.25, 0.3) is 0 Å². The topological polar surface area (TPSA) is 55.8 Å². The van der Waals surface area contributed by atoms with Crippen molar-refractivity contribution in [1.29, 1.82) is 0 Å². The third-order valence-corrected chi connectivity index (χ3v) is 6.11. The summed E-state index contributed by atoms with van der Waals surface area (Å²) >= 11 is 2.21. The van der Waals surface area contributed by atoms with Crippen molar-refractivity contribution in [1.82, 2.24) is 4.90 Å². The molecule has 0 atom stereocenters. The fourth-order valence-corrected chi connectivity index (χ4v) is 3.46. The third kappa shape index (κ3) is 6.09. The fraction of sp³-hybridized carbons (Fsp3) is 0.619. The van der Waals surface area contributed by atoms with Crippen LogP contribution in [-0.4, -0.2) is 41.3 Å². The number of benzene rings is 1. The molecule has 0 bridgehead atoms. The molecule has 1 fully saturated rings. The molecule has 0 radical (unpaired) electrons. The second-order valence-corrected chi connectivity index (χ2v) is 9.49. The van der Waals surface area contributed by atoms with Crippen LogP contribution >= 0.6 is 22.6 Å². The summed E-state index contributed by atoms with van der Waals surface area (Å²) in [5.41, 5.74) is -0.471. The number of carbonyl (C=O) groups excluding carboxylic acids is 2. The lowest BCUT2D eigenvalue weighted by Crippen LogP contribution is -2.47. The largest absolute Gasteiger partial charge is 0.456 e. The van der Waals surface area contributed by atoms with Gasteiger partial charge in [-0.15, -0.1) is 0 Å². The maximum atomic E-state index is 12.5. The van der Waals surface area contributed by atoms with Gasteiger partial charge in [-0.1, -0.05) is 6.92 Å². The number of carbonyl (C=O) groups is 2. The van der Waals surface area contributed by atoms with Crippen molar-refractivity contribution in [2.45, 2.75) is 65.1 Å². The fourth-order valence-electron chi connectivity index (χ4n) is 3.10. The minimum Gasteiger partial charge on any atom is -0.456 e. The molecular weight excluding hydrogens is 457 g/mol. The zero-order valence-electron chi connectivity index (χ0n) is 16.9. The van der Waals surface area contributed by atoms with Crippen LogP contribution in [-0.2, 0) is 9.47 Å². The first-order valence-corrected chi connectivity index (χ1v) is 10.6. The number of hydrogen-bond acceptors (Lipinski definition) is 4. The zero-order chi connectivity index (χ0) is 20.2. The molecule has 0 unspecified atom stereocenters. The van der Waals surface area contributed by atoms with Gasteiger partial charge in [0.15, 0.2) is 0 Å². The van der Waals surface area contributed by atoms with Gasteiger partial charge in [0.05, 0.1) is 5.56 Å². The monoisotopic (exact) mass is 487 g/mol. The number of hydrogen-bond donors (Lipinski definition) is 0.